The quantitative estimate of drug-likeness (QED) is 0.774. The monoisotopic (exact) mass is 351 g/mol. The van der Waals surface area contributed by atoms with E-state index in [1.165, 1.54) is 0 Å². The molecule has 0 saturated heterocycles. The maximum absolute atomic E-state index is 11.9. The molecule has 1 rings (SSSR count). The van der Waals surface area contributed by atoms with Gasteiger partial charge in [0.15, 0.2) is 0 Å². The van der Waals surface area contributed by atoms with Crippen LogP contribution < -0.4 is 5.32 Å². The molecular formula is C13H16BrCl2NO. The topological polar surface area (TPSA) is 29.1 Å². The standard InChI is InChI=1S/C13H16BrCl2NO/c1-13(2,5-6-14)8-17-12(18)9-3-4-10(15)11(16)7-9/h3-4,7H,5-6,8H2,1-2H3,(H,17,18). The van der Waals surface area contributed by atoms with Gasteiger partial charge in [-0.1, -0.05) is 53.0 Å². The Morgan fingerprint density at radius 1 is 1.33 bits per heavy atom. The number of amides is 1. The summed E-state index contributed by atoms with van der Waals surface area (Å²) in [5.74, 6) is -0.129. The number of alkyl halides is 1. The third-order valence-electron chi connectivity index (χ3n) is 2.68. The molecule has 0 heterocycles. The Hall–Kier alpha value is -0.250. The zero-order valence-electron chi connectivity index (χ0n) is 10.4. The number of carbonyl (C=O) groups excluding carboxylic acids is 1. The van der Waals surface area contributed by atoms with E-state index in [-0.39, 0.29) is 11.3 Å². The number of hydrogen-bond acceptors (Lipinski definition) is 1. The highest BCUT2D eigenvalue weighted by molar-refractivity contribution is 9.09. The van der Waals surface area contributed by atoms with Crippen molar-refractivity contribution in [3.63, 3.8) is 0 Å². The average Bonchev–Trinajstić information content (AvgIpc) is 2.30. The van der Waals surface area contributed by atoms with Crippen molar-refractivity contribution in [3.05, 3.63) is 33.8 Å². The largest absolute Gasteiger partial charge is 0.352 e. The smallest absolute Gasteiger partial charge is 0.251 e. The zero-order valence-corrected chi connectivity index (χ0v) is 13.5. The van der Waals surface area contributed by atoms with Gasteiger partial charge in [0.2, 0.25) is 0 Å². The van der Waals surface area contributed by atoms with Crippen LogP contribution >= 0.6 is 39.1 Å². The molecule has 100 valence electrons. The first kappa shape index (κ1) is 15.8. The summed E-state index contributed by atoms with van der Waals surface area (Å²) in [7, 11) is 0. The van der Waals surface area contributed by atoms with Gasteiger partial charge in [0.25, 0.3) is 5.91 Å². The van der Waals surface area contributed by atoms with Crippen LogP contribution in [-0.2, 0) is 0 Å². The lowest BCUT2D eigenvalue weighted by Crippen LogP contribution is -2.34. The molecule has 2 nitrogen and oxygen atoms in total. The van der Waals surface area contributed by atoms with E-state index >= 15 is 0 Å². The highest BCUT2D eigenvalue weighted by atomic mass is 79.9. The van der Waals surface area contributed by atoms with Crippen LogP contribution in [0, 0.1) is 5.41 Å². The van der Waals surface area contributed by atoms with Crippen molar-refractivity contribution in [3.8, 4) is 0 Å². The van der Waals surface area contributed by atoms with Gasteiger partial charge in [-0.05, 0) is 30.0 Å². The van der Waals surface area contributed by atoms with Gasteiger partial charge in [0.05, 0.1) is 10.0 Å². The molecule has 0 aliphatic heterocycles. The summed E-state index contributed by atoms with van der Waals surface area (Å²) in [4.78, 5) is 11.9. The summed E-state index contributed by atoms with van der Waals surface area (Å²) < 4.78 is 0. The molecule has 0 spiro atoms. The summed E-state index contributed by atoms with van der Waals surface area (Å²) in [6.45, 7) is 4.85. The summed E-state index contributed by atoms with van der Waals surface area (Å²) in [5.41, 5.74) is 0.592. The Labute approximate surface area is 126 Å². The second-order valence-electron chi connectivity index (χ2n) is 4.91. The Morgan fingerprint density at radius 3 is 2.56 bits per heavy atom. The predicted octanol–water partition coefficient (Wildman–Crippen LogP) is 4.53. The van der Waals surface area contributed by atoms with Crippen LogP contribution in [0.3, 0.4) is 0 Å². The van der Waals surface area contributed by atoms with E-state index in [2.05, 4.69) is 35.1 Å². The first-order valence-corrected chi connectivity index (χ1v) is 7.53. The minimum Gasteiger partial charge on any atom is -0.352 e. The van der Waals surface area contributed by atoms with Crippen molar-refractivity contribution in [2.24, 2.45) is 5.41 Å². The van der Waals surface area contributed by atoms with Crippen molar-refractivity contribution in [2.45, 2.75) is 20.3 Å². The minimum atomic E-state index is -0.129. The maximum atomic E-state index is 11.9. The van der Waals surface area contributed by atoms with Crippen LogP contribution in [0.5, 0.6) is 0 Å². The van der Waals surface area contributed by atoms with Gasteiger partial charge in [-0.15, -0.1) is 0 Å². The highest BCUT2D eigenvalue weighted by Gasteiger charge is 2.18. The Morgan fingerprint density at radius 2 is 2.00 bits per heavy atom. The number of halogens is 3. The lowest BCUT2D eigenvalue weighted by molar-refractivity contribution is 0.0936. The lowest BCUT2D eigenvalue weighted by atomic mass is 9.90. The van der Waals surface area contributed by atoms with E-state index in [1.54, 1.807) is 18.2 Å². The average molecular weight is 353 g/mol. The van der Waals surface area contributed by atoms with Gasteiger partial charge in [-0.25, -0.2) is 0 Å². The molecule has 0 fully saturated rings. The fraction of sp³-hybridized carbons (Fsp3) is 0.462. The molecule has 1 aromatic rings. The Kier molecular flexibility index (Phi) is 5.96. The van der Waals surface area contributed by atoms with Gasteiger partial charge >= 0.3 is 0 Å². The van der Waals surface area contributed by atoms with Gasteiger partial charge in [-0.2, -0.15) is 0 Å². The first-order valence-electron chi connectivity index (χ1n) is 5.65. The van der Waals surface area contributed by atoms with Crippen molar-refractivity contribution < 1.29 is 4.79 Å². The molecule has 0 bridgehead atoms. The van der Waals surface area contributed by atoms with E-state index in [9.17, 15) is 4.79 Å². The van der Waals surface area contributed by atoms with E-state index < -0.39 is 0 Å². The number of nitrogens with one attached hydrogen (secondary N) is 1. The fourth-order valence-corrected chi connectivity index (χ4v) is 2.77. The second kappa shape index (κ2) is 6.78. The molecule has 1 amide bonds. The Bertz CT molecular complexity index is 435. The third-order valence-corrected chi connectivity index (χ3v) is 3.82. The highest BCUT2D eigenvalue weighted by Crippen LogP contribution is 2.23. The van der Waals surface area contributed by atoms with Crippen LogP contribution in [0.2, 0.25) is 10.0 Å². The molecule has 1 aromatic carbocycles. The van der Waals surface area contributed by atoms with Crippen LogP contribution in [0.25, 0.3) is 0 Å². The van der Waals surface area contributed by atoms with E-state index in [4.69, 9.17) is 23.2 Å². The molecule has 0 radical (unpaired) electrons. The first-order chi connectivity index (χ1) is 8.35. The zero-order chi connectivity index (χ0) is 13.8. The number of carbonyl (C=O) groups is 1. The third kappa shape index (κ3) is 4.79. The molecular weight excluding hydrogens is 337 g/mol. The molecule has 0 atom stereocenters. The predicted molar refractivity (Wildman–Crippen MR) is 81.0 cm³/mol. The summed E-state index contributed by atoms with van der Waals surface area (Å²) in [6, 6.07) is 4.88. The molecule has 0 saturated carbocycles. The molecule has 0 aromatic heterocycles. The van der Waals surface area contributed by atoms with Gasteiger partial charge < -0.3 is 5.32 Å². The molecule has 0 aliphatic carbocycles. The van der Waals surface area contributed by atoms with Crippen LogP contribution in [0.15, 0.2) is 18.2 Å². The second-order valence-corrected chi connectivity index (χ2v) is 6.52. The van der Waals surface area contributed by atoms with Crippen molar-refractivity contribution in [2.75, 3.05) is 11.9 Å². The fourth-order valence-electron chi connectivity index (χ4n) is 1.40. The number of rotatable bonds is 5. The van der Waals surface area contributed by atoms with Crippen LogP contribution in [0.1, 0.15) is 30.6 Å². The molecule has 5 heteroatoms. The lowest BCUT2D eigenvalue weighted by Gasteiger charge is -2.23. The van der Waals surface area contributed by atoms with Crippen LogP contribution in [0.4, 0.5) is 0 Å². The van der Waals surface area contributed by atoms with E-state index in [0.29, 0.717) is 22.2 Å². The molecule has 0 aliphatic rings. The van der Waals surface area contributed by atoms with E-state index in [1.807, 2.05) is 0 Å². The molecule has 18 heavy (non-hydrogen) atoms. The SMILES string of the molecule is CC(C)(CCBr)CNC(=O)c1ccc(Cl)c(Cl)c1. The number of hydrogen-bond donors (Lipinski definition) is 1. The van der Waals surface area contributed by atoms with Gasteiger partial charge in [0, 0.05) is 17.4 Å². The minimum absolute atomic E-state index is 0.0649. The molecule has 0 unspecified atom stereocenters. The summed E-state index contributed by atoms with van der Waals surface area (Å²) in [5, 5.41) is 4.67. The summed E-state index contributed by atoms with van der Waals surface area (Å²) in [6.07, 6.45) is 0.995. The maximum Gasteiger partial charge on any atom is 0.251 e. The van der Waals surface area contributed by atoms with Crippen molar-refractivity contribution >= 4 is 45.0 Å². The van der Waals surface area contributed by atoms with Crippen LogP contribution in [-0.4, -0.2) is 17.8 Å². The van der Waals surface area contributed by atoms with E-state index in [0.717, 1.165) is 11.8 Å². The normalized spacial score (nSPS) is 11.4. The van der Waals surface area contributed by atoms with Crippen molar-refractivity contribution in [1.29, 1.82) is 0 Å². The molecule has 1 N–H and O–H groups in total. The Balaban J connectivity index is 2.63. The van der Waals surface area contributed by atoms with Gasteiger partial charge in [0.1, 0.15) is 0 Å². The van der Waals surface area contributed by atoms with Gasteiger partial charge in [-0.3, -0.25) is 4.79 Å². The number of benzene rings is 1. The van der Waals surface area contributed by atoms with Crippen molar-refractivity contribution in [1.82, 2.24) is 5.32 Å². The summed E-state index contributed by atoms with van der Waals surface area (Å²) >= 11 is 15.1.